The fourth-order valence-corrected chi connectivity index (χ4v) is 3.73. The highest BCUT2D eigenvalue weighted by atomic mass is 32.2. The summed E-state index contributed by atoms with van der Waals surface area (Å²) in [5.41, 5.74) is -1.10. The minimum Gasteiger partial charge on any atom is -0.497 e. The van der Waals surface area contributed by atoms with Gasteiger partial charge in [0.05, 0.1) is 13.7 Å². The van der Waals surface area contributed by atoms with E-state index >= 15 is 0 Å². The highest BCUT2D eigenvalue weighted by Gasteiger charge is 2.40. The van der Waals surface area contributed by atoms with Crippen LogP contribution in [0, 0.1) is 0 Å². The van der Waals surface area contributed by atoms with Crippen molar-refractivity contribution < 1.29 is 24.2 Å². The molecule has 1 heterocycles. The number of carbonyl (C=O) groups is 2. The highest BCUT2D eigenvalue weighted by Crippen LogP contribution is 2.27. The van der Waals surface area contributed by atoms with Crippen LogP contribution in [0.4, 0.5) is 0 Å². The molecule has 2 rings (SSSR count). The molecule has 0 saturated carbocycles. The van der Waals surface area contributed by atoms with Gasteiger partial charge in [0.2, 0.25) is 5.91 Å². The van der Waals surface area contributed by atoms with Gasteiger partial charge in [0.25, 0.3) is 0 Å². The maximum atomic E-state index is 12.1. The number of benzene rings is 1. The van der Waals surface area contributed by atoms with Crippen LogP contribution in [-0.2, 0) is 9.59 Å². The van der Waals surface area contributed by atoms with Gasteiger partial charge in [0.1, 0.15) is 17.0 Å². The Kier molecular flexibility index (Phi) is 6.78. The molecule has 0 radical (unpaired) electrons. The molecule has 24 heavy (non-hydrogen) atoms. The van der Waals surface area contributed by atoms with Gasteiger partial charge < -0.3 is 19.9 Å². The van der Waals surface area contributed by atoms with Crippen molar-refractivity contribution in [3.05, 3.63) is 24.3 Å². The molecule has 1 aromatic rings. The topological polar surface area (TPSA) is 84.9 Å². The van der Waals surface area contributed by atoms with Crippen molar-refractivity contribution in [2.75, 3.05) is 25.2 Å². The number of amides is 1. The molecule has 0 unspecified atom stereocenters. The molecule has 132 valence electrons. The number of ether oxygens (including phenoxy) is 2. The zero-order chi connectivity index (χ0) is 17.4. The fourth-order valence-electron chi connectivity index (χ4n) is 2.54. The van der Waals surface area contributed by atoms with Crippen LogP contribution in [0.5, 0.6) is 11.5 Å². The third-order valence-electron chi connectivity index (χ3n) is 4.01. The molecule has 1 aliphatic heterocycles. The van der Waals surface area contributed by atoms with Crippen molar-refractivity contribution in [1.82, 2.24) is 5.32 Å². The molecule has 1 fully saturated rings. The summed E-state index contributed by atoms with van der Waals surface area (Å²) in [6.07, 6.45) is 1.73. The number of carboxylic acid groups (broad SMARTS) is 1. The molecule has 6 nitrogen and oxygen atoms in total. The zero-order valence-electron chi connectivity index (χ0n) is 13.7. The van der Waals surface area contributed by atoms with Gasteiger partial charge in [-0.05, 0) is 55.0 Å². The number of rotatable bonds is 8. The molecule has 1 amide bonds. The lowest BCUT2D eigenvalue weighted by Crippen LogP contribution is -2.56. The van der Waals surface area contributed by atoms with Gasteiger partial charge in [-0.3, -0.25) is 4.79 Å². The summed E-state index contributed by atoms with van der Waals surface area (Å²) in [6.45, 7) is 0.398. The van der Waals surface area contributed by atoms with Gasteiger partial charge in [-0.1, -0.05) is 0 Å². The molecule has 0 aliphatic carbocycles. The van der Waals surface area contributed by atoms with E-state index in [4.69, 9.17) is 9.47 Å². The average molecular weight is 353 g/mol. The van der Waals surface area contributed by atoms with E-state index < -0.39 is 11.5 Å². The largest absolute Gasteiger partial charge is 0.497 e. The number of hydrogen-bond acceptors (Lipinski definition) is 5. The van der Waals surface area contributed by atoms with E-state index in [0.717, 1.165) is 17.3 Å². The summed E-state index contributed by atoms with van der Waals surface area (Å²) in [5.74, 6) is 1.81. The molecular formula is C17H23NO5S. The van der Waals surface area contributed by atoms with Crippen molar-refractivity contribution in [3.8, 4) is 11.5 Å². The first-order chi connectivity index (χ1) is 11.6. The van der Waals surface area contributed by atoms with Crippen molar-refractivity contribution in [3.63, 3.8) is 0 Å². The van der Waals surface area contributed by atoms with Crippen LogP contribution in [0.2, 0.25) is 0 Å². The Morgan fingerprint density at radius 3 is 2.42 bits per heavy atom. The summed E-state index contributed by atoms with van der Waals surface area (Å²) in [6, 6.07) is 7.22. The third kappa shape index (κ3) is 5.06. The van der Waals surface area contributed by atoms with E-state index in [1.807, 2.05) is 0 Å². The second kappa shape index (κ2) is 8.82. The number of hydrogen-bond donors (Lipinski definition) is 2. The second-order valence-corrected chi connectivity index (χ2v) is 6.90. The molecule has 0 atom stereocenters. The van der Waals surface area contributed by atoms with Crippen LogP contribution in [-0.4, -0.2) is 47.7 Å². The van der Waals surface area contributed by atoms with Crippen molar-refractivity contribution in [2.45, 2.75) is 31.2 Å². The molecule has 1 saturated heterocycles. The monoisotopic (exact) mass is 353 g/mol. The lowest BCUT2D eigenvalue weighted by molar-refractivity contribution is -0.148. The van der Waals surface area contributed by atoms with Crippen LogP contribution in [0.15, 0.2) is 24.3 Å². The van der Waals surface area contributed by atoms with Gasteiger partial charge >= 0.3 is 5.97 Å². The molecule has 1 aliphatic rings. The van der Waals surface area contributed by atoms with Crippen LogP contribution in [0.1, 0.15) is 25.7 Å². The number of methoxy groups -OCH3 is 1. The first-order valence-electron chi connectivity index (χ1n) is 7.95. The van der Waals surface area contributed by atoms with E-state index in [1.165, 1.54) is 0 Å². The number of nitrogens with one attached hydrogen (secondary N) is 1. The number of aliphatic carboxylic acids is 1. The van der Waals surface area contributed by atoms with Gasteiger partial charge in [-0.2, -0.15) is 11.8 Å². The maximum Gasteiger partial charge on any atom is 0.329 e. The van der Waals surface area contributed by atoms with Crippen LogP contribution in [0.3, 0.4) is 0 Å². The molecule has 1 aromatic carbocycles. The maximum absolute atomic E-state index is 12.1. The minimum atomic E-state index is -1.10. The molecule has 0 bridgehead atoms. The summed E-state index contributed by atoms with van der Waals surface area (Å²) >= 11 is 1.72. The molecule has 2 N–H and O–H groups in total. The van der Waals surface area contributed by atoms with Crippen LogP contribution >= 0.6 is 11.8 Å². The van der Waals surface area contributed by atoms with E-state index in [9.17, 15) is 14.7 Å². The Balaban J connectivity index is 1.73. The number of thioether (sulfide) groups is 1. The minimum absolute atomic E-state index is 0.234. The van der Waals surface area contributed by atoms with Crippen LogP contribution < -0.4 is 14.8 Å². The SMILES string of the molecule is COc1ccc(OCCCC(=O)NC2(C(=O)O)CCSCC2)cc1. The lowest BCUT2D eigenvalue weighted by atomic mass is 9.92. The number of carbonyl (C=O) groups excluding carboxylic acids is 1. The van der Waals surface area contributed by atoms with Gasteiger partial charge in [-0.15, -0.1) is 0 Å². The third-order valence-corrected chi connectivity index (χ3v) is 5.00. The Morgan fingerprint density at radius 1 is 1.21 bits per heavy atom. The fraction of sp³-hybridized carbons (Fsp3) is 0.529. The summed E-state index contributed by atoms with van der Waals surface area (Å²) in [4.78, 5) is 23.6. The number of carboxylic acids is 1. The first kappa shape index (κ1) is 18.4. The van der Waals surface area contributed by atoms with Crippen molar-refractivity contribution in [2.24, 2.45) is 0 Å². The second-order valence-electron chi connectivity index (χ2n) is 5.68. The average Bonchev–Trinajstić information content (AvgIpc) is 2.60. The van der Waals surface area contributed by atoms with E-state index in [0.29, 0.717) is 31.6 Å². The molecule has 7 heteroatoms. The molecular weight excluding hydrogens is 330 g/mol. The van der Waals surface area contributed by atoms with Crippen molar-refractivity contribution >= 4 is 23.6 Å². The summed E-state index contributed by atoms with van der Waals surface area (Å²) in [7, 11) is 1.60. The summed E-state index contributed by atoms with van der Waals surface area (Å²) < 4.78 is 10.6. The Labute approximate surface area is 145 Å². The zero-order valence-corrected chi connectivity index (χ0v) is 14.6. The standard InChI is InChI=1S/C17H23NO5S/c1-22-13-4-6-14(7-5-13)23-10-2-3-15(19)18-17(16(20)21)8-11-24-12-9-17/h4-7H,2-3,8-12H2,1H3,(H,18,19)(H,20,21). The van der Waals surface area contributed by atoms with Gasteiger partial charge in [0, 0.05) is 6.42 Å². The van der Waals surface area contributed by atoms with E-state index in [1.54, 1.807) is 43.1 Å². The predicted octanol–water partition coefficient (Wildman–Crippen LogP) is 2.32. The van der Waals surface area contributed by atoms with Gasteiger partial charge in [-0.25, -0.2) is 4.79 Å². The predicted molar refractivity (Wildman–Crippen MR) is 92.8 cm³/mol. The van der Waals surface area contributed by atoms with E-state index in [-0.39, 0.29) is 12.3 Å². The highest BCUT2D eigenvalue weighted by molar-refractivity contribution is 7.99. The Bertz CT molecular complexity index is 555. The normalized spacial score (nSPS) is 16.2. The Morgan fingerprint density at radius 2 is 1.83 bits per heavy atom. The Hall–Kier alpha value is -1.89. The van der Waals surface area contributed by atoms with Crippen LogP contribution in [0.25, 0.3) is 0 Å². The lowest BCUT2D eigenvalue weighted by Gasteiger charge is -2.33. The van der Waals surface area contributed by atoms with Gasteiger partial charge in [0.15, 0.2) is 0 Å². The van der Waals surface area contributed by atoms with E-state index in [2.05, 4.69) is 5.32 Å². The summed E-state index contributed by atoms with van der Waals surface area (Å²) in [5, 5.41) is 12.2. The molecule has 0 spiro atoms. The molecule has 0 aromatic heterocycles. The quantitative estimate of drug-likeness (QED) is 0.698. The first-order valence-corrected chi connectivity index (χ1v) is 9.10. The van der Waals surface area contributed by atoms with Crippen molar-refractivity contribution in [1.29, 1.82) is 0 Å². The smallest absolute Gasteiger partial charge is 0.329 e.